The van der Waals surface area contributed by atoms with Crippen LogP contribution in [0.5, 0.6) is 0 Å². The number of carbonyl (C=O) groups is 2. The summed E-state index contributed by atoms with van der Waals surface area (Å²) in [6.07, 6.45) is 12.5. The molecule has 0 fully saturated rings. The third kappa shape index (κ3) is 22.2. The number of likely N-dealkylation sites (N-methyl/N-ethyl adjacent to an activating group) is 1. The fourth-order valence-corrected chi connectivity index (χ4v) is 2.76. The first-order valence-corrected chi connectivity index (χ1v) is 9.53. The smallest absolute Gasteiger partial charge is 1.00 e. The molecule has 1 atom stereocenters. The number of quaternary nitrogens is 1. The van der Waals surface area contributed by atoms with E-state index in [-0.39, 0.29) is 58.9 Å². The Balaban J connectivity index is -0.00000264. The Hall–Kier alpha value is 0.190. The fourth-order valence-electron chi connectivity index (χ4n) is 2.76. The van der Waals surface area contributed by atoms with Crippen molar-refractivity contribution in [2.45, 2.75) is 77.6 Å². The minimum absolute atomic E-state index is 0. The van der Waals surface area contributed by atoms with Gasteiger partial charge in [0.05, 0.1) is 19.1 Å². The van der Waals surface area contributed by atoms with Crippen molar-refractivity contribution >= 4 is 11.9 Å². The van der Waals surface area contributed by atoms with Gasteiger partial charge in [0.15, 0.2) is 0 Å². The molecule has 0 aromatic carbocycles. The van der Waals surface area contributed by atoms with Gasteiger partial charge < -0.3 is 32.1 Å². The summed E-state index contributed by atoms with van der Waals surface area (Å²) in [7, 11) is 5.58. The van der Waals surface area contributed by atoms with Gasteiger partial charge in [-0.3, -0.25) is 4.79 Å². The summed E-state index contributed by atoms with van der Waals surface area (Å²) in [5.41, 5.74) is 0. The number of halogens is 1. The molecule has 0 aromatic heterocycles. The standard InChI is InChI=1S/C19H38N2O3.ClH.Na/c1-4-5-6-7-8-9-10-11-12-14-18(22)20-15-13-16-21(2,3)17-19(23)24;;/h2,4-17H2,1,3H3,(H,20,22)(H,23,24);1H;/q;;+1/p-2. The van der Waals surface area contributed by atoms with Gasteiger partial charge in [0.25, 0.3) is 0 Å². The van der Waals surface area contributed by atoms with E-state index >= 15 is 0 Å². The minimum atomic E-state index is -1.10. The molecular formula is C19H37ClN2NaO3-. The normalized spacial score (nSPS) is 12.4. The van der Waals surface area contributed by atoms with Gasteiger partial charge in [-0.25, -0.2) is 0 Å². The van der Waals surface area contributed by atoms with Gasteiger partial charge in [-0.1, -0.05) is 58.3 Å². The number of nitrogens with zero attached hydrogens (tertiary/aromatic N) is 1. The van der Waals surface area contributed by atoms with E-state index in [2.05, 4.69) is 19.3 Å². The number of nitrogens with one attached hydrogen (secondary N) is 1. The van der Waals surface area contributed by atoms with E-state index in [9.17, 15) is 14.7 Å². The number of unbranched alkanes of at least 4 members (excludes halogenated alkanes) is 8. The van der Waals surface area contributed by atoms with Gasteiger partial charge >= 0.3 is 29.6 Å². The number of carbonyl (C=O) groups excluding carboxylic acids is 2. The molecule has 0 aromatic rings. The molecule has 1 amide bonds. The Morgan fingerprint density at radius 3 is 1.96 bits per heavy atom. The predicted molar refractivity (Wildman–Crippen MR) is 95.8 cm³/mol. The third-order valence-electron chi connectivity index (χ3n) is 4.22. The van der Waals surface area contributed by atoms with E-state index < -0.39 is 5.97 Å². The predicted octanol–water partition coefficient (Wildman–Crippen LogP) is -3.59. The number of carboxylic acids is 1. The Morgan fingerprint density at radius 2 is 1.46 bits per heavy atom. The van der Waals surface area contributed by atoms with Crippen molar-refractivity contribution in [1.29, 1.82) is 0 Å². The second-order valence-electron chi connectivity index (χ2n) is 7.16. The van der Waals surface area contributed by atoms with Gasteiger partial charge in [-0.15, -0.1) is 7.05 Å². The van der Waals surface area contributed by atoms with Crippen molar-refractivity contribution in [1.82, 2.24) is 5.32 Å². The van der Waals surface area contributed by atoms with Crippen LogP contribution >= 0.6 is 0 Å². The maximum absolute atomic E-state index is 11.7. The molecule has 0 heterocycles. The Bertz CT molecular complexity index is 356. The third-order valence-corrected chi connectivity index (χ3v) is 4.22. The Morgan fingerprint density at radius 1 is 0.962 bits per heavy atom. The van der Waals surface area contributed by atoms with Crippen LogP contribution in [-0.2, 0) is 9.59 Å². The second kappa shape index (κ2) is 19.9. The van der Waals surface area contributed by atoms with Crippen molar-refractivity contribution in [2.24, 2.45) is 0 Å². The van der Waals surface area contributed by atoms with E-state index in [1.165, 1.54) is 44.9 Å². The number of rotatable bonds is 16. The maximum atomic E-state index is 11.7. The second-order valence-corrected chi connectivity index (χ2v) is 7.16. The number of amides is 1. The van der Waals surface area contributed by atoms with Crippen molar-refractivity contribution in [2.75, 3.05) is 26.7 Å². The molecule has 0 aliphatic rings. The molecule has 0 aliphatic heterocycles. The Labute approximate surface area is 189 Å². The van der Waals surface area contributed by atoms with Gasteiger partial charge in [0.1, 0.15) is 0 Å². The van der Waals surface area contributed by atoms with Crippen LogP contribution in [0.1, 0.15) is 77.6 Å². The SMILES string of the molecule is [CH2-][N+](C)(CCCNC(=O)CCCCCCCCCCC)CC(=O)[O-].[Cl-].[Na+]. The molecule has 0 saturated carbocycles. The maximum Gasteiger partial charge on any atom is 1.00 e. The topological polar surface area (TPSA) is 69.2 Å². The van der Waals surface area contributed by atoms with E-state index in [1.807, 2.05) is 0 Å². The molecule has 26 heavy (non-hydrogen) atoms. The molecule has 1 unspecified atom stereocenters. The van der Waals surface area contributed by atoms with Crippen molar-refractivity contribution < 1.29 is 61.1 Å². The summed E-state index contributed by atoms with van der Waals surface area (Å²) in [5, 5.41) is 13.5. The van der Waals surface area contributed by atoms with Crippen LogP contribution in [0.4, 0.5) is 0 Å². The molecule has 1 N–H and O–H groups in total. The first kappa shape index (κ1) is 30.9. The summed E-state index contributed by atoms with van der Waals surface area (Å²) in [6, 6.07) is 0. The average Bonchev–Trinajstić information content (AvgIpc) is 2.48. The summed E-state index contributed by atoms with van der Waals surface area (Å²) in [4.78, 5) is 22.3. The molecule has 7 heteroatoms. The zero-order valence-electron chi connectivity index (χ0n) is 17.2. The molecule has 0 saturated heterocycles. The zero-order chi connectivity index (χ0) is 18.3. The first-order valence-electron chi connectivity index (χ1n) is 9.53. The fraction of sp³-hybridized carbons (Fsp3) is 0.842. The van der Waals surface area contributed by atoms with Gasteiger partial charge in [0, 0.05) is 26.4 Å². The van der Waals surface area contributed by atoms with E-state index in [4.69, 9.17) is 0 Å². The molecule has 150 valence electrons. The summed E-state index contributed by atoms with van der Waals surface area (Å²) >= 11 is 0. The summed E-state index contributed by atoms with van der Waals surface area (Å²) in [5.74, 6) is -1.00. The molecule has 0 bridgehead atoms. The van der Waals surface area contributed by atoms with E-state index in [1.54, 1.807) is 7.05 Å². The molecule has 0 aliphatic carbocycles. The van der Waals surface area contributed by atoms with Crippen molar-refractivity contribution in [3.05, 3.63) is 7.05 Å². The number of hydrogen-bond acceptors (Lipinski definition) is 3. The van der Waals surface area contributed by atoms with Gasteiger partial charge in [-0.05, 0) is 6.42 Å². The van der Waals surface area contributed by atoms with E-state index in [0.717, 1.165) is 19.3 Å². The van der Waals surface area contributed by atoms with Crippen LogP contribution in [0, 0.1) is 7.05 Å². The van der Waals surface area contributed by atoms with Crippen molar-refractivity contribution in [3.63, 3.8) is 0 Å². The average molecular weight is 400 g/mol. The van der Waals surface area contributed by atoms with Gasteiger partial charge in [-0.2, -0.15) is 0 Å². The summed E-state index contributed by atoms with van der Waals surface area (Å²) in [6.45, 7) is 3.31. The van der Waals surface area contributed by atoms with Crippen LogP contribution in [0.2, 0.25) is 0 Å². The molecule has 5 nitrogen and oxygen atoms in total. The van der Waals surface area contributed by atoms with Crippen LogP contribution in [-0.4, -0.2) is 43.0 Å². The summed E-state index contributed by atoms with van der Waals surface area (Å²) < 4.78 is 0.135. The quantitative estimate of drug-likeness (QED) is 0.126. The number of hydrogen-bond donors (Lipinski definition) is 1. The van der Waals surface area contributed by atoms with Crippen LogP contribution in [0.3, 0.4) is 0 Å². The molecule has 0 rings (SSSR count). The monoisotopic (exact) mass is 399 g/mol. The Kier molecular flexibility index (Phi) is 23.7. The minimum Gasteiger partial charge on any atom is -1.00 e. The number of carboxylic acid groups (broad SMARTS) is 1. The van der Waals surface area contributed by atoms with Crippen LogP contribution < -0.4 is 52.4 Å². The zero-order valence-corrected chi connectivity index (χ0v) is 19.9. The first-order chi connectivity index (χ1) is 11.4. The number of aliphatic carboxylic acids is 1. The molecule has 0 spiro atoms. The molecule has 0 radical (unpaired) electrons. The van der Waals surface area contributed by atoms with Gasteiger partial charge in [0.2, 0.25) is 5.91 Å². The van der Waals surface area contributed by atoms with Crippen LogP contribution in [0.25, 0.3) is 0 Å². The van der Waals surface area contributed by atoms with Crippen LogP contribution in [0.15, 0.2) is 0 Å². The van der Waals surface area contributed by atoms with E-state index in [0.29, 0.717) is 19.5 Å². The largest absolute Gasteiger partial charge is 1.00 e. The molecular weight excluding hydrogens is 363 g/mol. The van der Waals surface area contributed by atoms with Crippen molar-refractivity contribution in [3.8, 4) is 0 Å².